The molecule has 0 aromatic carbocycles. The molecular formula is C15H10N6OS2. The Bertz CT molecular complexity index is 1200. The van der Waals surface area contributed by atoms with Gasteiger partial charge >= 0.3 is 0 Å². The Morgan fingerprint density at radius 1 is 1.21 bits per heavy atom. The van der Waals surface area contributed by atoms with Crippen molar-refractivity contribution in [3.8, 4) is 0 Å². The zero-order valence-corrected chi connectivity index (χ0v) is 13.8. The molecule has 118 valence electrons. The first-order valence-electron chi connectivity index (χ1n) is 7.21. The summed E-state index contributed by atoms with van der Waals surface area (Å²) in [6.45, 7) is 0.320. The fourth-order valence-corrected chi connectivity index (χ4v) is 4.33. The Hall–Kier alpha value is -2.78. The molecule has 5 heterocycles. The molecule has 5 aromatic heterocycles. The molecule has 0 fully saturated rings. The number of carbonyl (C=O) groups is 1. The number of fused-ring (bicyclic) bond motifs is 4. The molecule has 0 spiro atoms. The topological polar surface area (TPSA) is 76.6 Å². The predicted octanol–water partition coefficient (Wildman–Crippen LogP) is 2.58. The van der Waals surface area contributed by atoms with Gasteiger partial charge in [-0.05, 0) is 18.2 Å². The molecule has 9 heteroatoms. The molecule has 0 aliphatic heterocycles. The third kappa shape index (κ3) is 2.02. The van der Waals surface area contributed by atoms with Crippen LogP contribution in [0.3, 0.4) is 0 Å². The second-order valence-corrected chi connectivity index (χ2v) is 7.10. The van der Waals surface area contributed by atoms with Gasteiger partial charge < -0.3 is 5.32 Å². The van der Waals surface area contributed by atoms with Crippen molar-refractivity contribution in [3.63, 3.8) is 0 Å². The van der Waals surface area contributed by atoms with Crippen LogP contribution in [0.25, 0.3) is 21.0 Å². The van der Waals surface area contributed by atoms with E-state index in [1.807, 2.05) is 50.8 Å². The molecule has 0 bridgehead atoms. The number of amides is 1. The van der Waals surface area contributed by atoms with Gasteiger partial charge in [0.2, 0.25) is 0 Å². The number of thiazole rings is 1. The van der Waals surface area contributed by atoms with Gasteiger partial charge in [0.1, 0.15) is 4.83 Å². The summed E-state index contributed by atoms with van der Waals surface area (Å²) in [4.78, 5) is 19.4. The Labute approximate surface area is 143 Å². The maximum absolute atomic E-state index is 12.4. The number of hydrogen-bond acceptors (Lipinski definition) is 6. The highest BCUT2D eigenvalue weighted by Crippen LogP contribution is 2.28. The van der Waals surface area contributed by atoms with E-state index in [1.165, 1.54) is 11.3 Å². The van der Waals surface area contributed by atoms with Gasteiger partial charge in [0.05, 0.1) is 16.9 Å². The average Bonchev–Trinajstić information content (AvgIpc) is 3.33. The van der Waals surface area contributed by atoms with Crippen molar-refractivity contribution in [1.29, 1.82) is 0 Å². The van der Waals surface area contributed by atoms with Crippen LogP contribution in [-0.2, 0) is 6.54 Å². The summed E-state index contributed by atoms with van der Waals surface area (Å²) in [6, 6.07) is 7.56. The highest BCUT2D eigenvalue weighted by molar-refractivity contribution is 7.21. The molecule has 0 aliphatic rings. The van der Waals surface area contributed by atoms with E-state index in [0.29, 0.717) is 17.2 Å². The van der Waals surface area contributed by atoms with E-state index < -0.39 is 0 Å². The van der Waals surface area contributed by atoms with Crippen LogP contribution in [0.4, 0.5) is 0 Å². The molecule has 0 atom stereocenters. The normalized spacial score (nSPS) is 11.7. The average molecular weight is 354 g/mol. The minimum Gasteiger partial charge on any atom is -0.344 e. The summed E-state index contributed by atoms with van der Waals surface area (Å²) in [7, 11) is 0. The van der Waals surface area contributed by atoms with Crippen LogP contribution in [0.2, 0.25) is 0 Å². The van der Waals surface area contributed by atoms with Gasteiger partial charge in [0.15, 0.2) is 16.4 Å². The highest BCUT2D eigenvalue weighted by atomic mass is 32.1. The van der Waals surface area contributed by atoms with Crippen molar-refractivity contribution in [1.82, 2.24) is 29.3 Å². The number of carbonyl (C=O) groups excluding carboxylic acids is 1. The van der Waals surface area contributed by atoms with E-state index in [0.717, 1.165) is 21.0 Å². The first kappa shape index (κ1) is 13.6. The summed E-state index contributed by atoms with van der Waals surface area (Å²) in [5.41, 5.74) is 1.73. The summed E-state index contributed by atoms with van der Waals surface area (Å²) in [6.07, 6.45) is 3.84. The smallest absolute Gasteiger partial charge is 0.261 e. The zero-order valence-electron chi connectivity index (χ0n) is 12.2. The molecule has 1 amide bonds. The van der Waals surface area contributed by atoms with Crippen molar-refractivity contribution in [2.75, 3.05) is 0 Å². The monoisotopic (exact) mass is 354 g/mol. The zero-order chi connectivity index (χ0) is 16.1. The highest BCUT2D eigenvalue weighted by Gasteiger charge is 2.15. The molecule has 5 aromatic rings. The fraction of sp³-hybridized carbons (Fsp3) is 0.0667. The maximum atomic E-state index is 12.4. The lowest BCUT2D eigenvalue weighted by molar-refractivity contribution is 0.0954. The maximum Gasteiger partial charge on any atom is 0.261 e. The van der Waals surface area contributed by atoms with E-state index in [1.54, 1.807) is 11.3 Å². The van der Waals surface area contributed by atoms with Crippen LogP contribution in [0, 0.1) is 0 Å². The number of thiophene rings is 1. The van der Waals surface area contributed by atoms with Gasteiger partial charge in [0, 0.05) is 17.8 Å². The van der Waals surface area contributed by atoms with Crippen molar-refractivity contribution < 1.29 is 4.79 Å². The summed E-state index contributed by atoms with van der Waals surface area (Å²) in [5, 5.41) is 13.1. The van der Waals surface area contributed by atoms with Crippen LogP contribution in [-0.4, -0.2) is 29.9 Å². The quantitative estimate of drug-likeness (QED) is 0.540. The lowest BCUT2D eigenvalue weighted by atomic mass is 10.4. The fourth-order valence-electron chi connectivity index (χ4n) is 2.62. The number of rotatable bonds is 3. The van der Waals surface area contributed by atoms with E-state index in [9.17, 15) is 4.79 Å². The van der Waals surface area contributed by atoms with Crippen LogP contribution in [0.5, 0.6) is 0 Å². The van der Waals surface area contributed by atoms with Crippen LogP contribution < -0.4 is 5.32 Å². The molecule has 1 N–H and O–H groups in total. The van der Waals surface area contributed by atoms with Crippen molar-refractivity contribution in [2.24, 2.45) is 0 Å². The van der Waals surface area contributed by atoms with Crippen molar-refractivity contribution in [3.05, 3.63) is 52.7 Å². The van der Waals surface area contributed by atoms with Gasteiger partial charge in [-0.1, -0.05) is 6.07 Å². The van der Waals surface area contributed by atoms with Crippen LogP contribution in [0.1, 0.15) is 15.5 Å². The molecular weight excluding hydrogens is 344 g/mol. The lowest BCUT2D eigenvalue weighted by Crippen LogP contribution is -2.23. The lowest BCUT2D eigenvalue weighted by Gasteiger charge is -2.02. The van der Waals surface area contributed by atoms with Gasteiger partial charge in [-0.2, -0.15) is 0 Å². The van der Waals surface area contributed by atoms with Crippen LogP contribution in [0.15, 0.2) is 42.0 Å². The van der Waals surface area contributed by atoms with E-state index in [2.05, 4.69) is 20.5 Å². The van der Waals surface area contributed by atoms with Crippen molar-refractivity contribution >= 4 is 49.5 Å². The van der Waals surface area contributed by atoms with E-state index >= 15 is 0 Å². The first-order valence-corrected chi connectivity index (χ1v) is 8.91. The third-order valence-corrected chi connectivity index (χ3v) is 5.53. The number of nitrogens with one attached hydrogen (secondary N) is 1. The SMILES string of the molecule is O=C(NCc1nnc2ccccn12)c1cc2c(nc3sccn32)s1. The van der Waals surface area contributed by atoms with Gasteiger partial charge in [-0.25, -0.2) is 4.98 Å². The van der Waals surface area contributed by atoms with Gasteiger partial charge in [-0.15, -0.1) is 32.9 Å². The van der Waals surface area contributed by atoms with E-state index in [4.69, 9.17) is 0 Å². The molecule has 0 saturated carbocycles. The largest absolute Gasteiger partial charge is 0.344 e. The first-order chi connectivity index (χ1) is 11.8. The Balaban J connectivity index is 1.40. The molecule has 7 nitrogen and oxygen atoms in total. The molecule has 24 heavy (non-hydrogen) atoms. The second-order valence-electron chi connectivity index (χ2n) is 5.20. The minimum atomic E-state index is -0.130. The predicted molar refractivity (Wildman–Crippen MR) is 92.6 cm³/mol. The molecule has 0 radical (unpaired) electrons. The Morgan fingerprint density at radius 3 is 3.12 bits per heavy atom. The molecule has 0 unspecified atom stereocenters. The number of hydrogen-bond donors (Lipinski definition) is 1. The van der Waals surface area contributed by atoms with Gasteiger partial charge in [0.25, 0.3) is 5.91 Å². The summed E-state index contributed by atoms with van der Waals surface area (Å²) < 4.78 is 3.86. The van der Waals surface area contributed by atoms with Crippen LogP contribution >= 0.6 is 22.7 Å². The molecule has 0 saturated heterocycles. The summed E-state index contributed by atoms with van der Waals surface area (Å²) >= 11 is 2.98. The van der Waals surface area contributed by atoms with Crippen molar-refractivity contribution in [2.45, 2.75) is 6.54 Å². The number of aromatic nitrogens is 5. The molecule has 0 aliphatic carbocycles. The second kappa shape index (κ2) is 5.11. The Morgan fingerprint density at radius 2 is 2.17 bits per heavy atom. The van der Waals surface area contributed by atoms with Gasteiger partial charge in [-0.3, -0.25) is 13.6 Å². The number of imidazole rings is 1. The number of pyridine rings is 1. The Kier molecular flexibility index (Phi) is 2.91. The minimum absolute atomic E-state index is 0.130. The standard InChI is InChI=1S/C15H10N6OS2/c22-13(16-8-12-19-18-11-3-1-2-4-21(11)12)10-7-9-14(24-10)17-15-20(9)5-6-23-15/h1-7H,8H2,(H,16,22). The van der Waals surface area contributed by atoms with E-state index in [-0.39, 0.29) is 5.91 Å². The number of nitrogens with zero attached hydrogens (tertiary/aromatic N) is 5. The summed E-state index contributed by atoms with van der Waals surface area (Å²) in [5.74, 6) is 0.567. The third-order valence-electron chi connectivity index (χ3n) is 3.75. The molecule has 5 rings (SSSR count).